The maximum atomic E-state index is 12.1. The first-order chi connectivity index (χ1) is 8.13. The number of hydrogen-bond donors (Lipinski definition) is 1. The summed E-state index contributed by atoms with van der Waals surface area (Å²) in [6, 6.07) is 0. The zero-order valence-electron chi connectivity index (χ0n) is 11.3. The van der Waals surface area contributed by atoms with Gasteiger partial charge in [-0.05, 0) is 50.0 Å². The molecule has 1 heterocycles. The summed E-state index contributed by atoms with van der Waals surface area (Å²) in [7, 11) is 0. The molecule has 1 atom stereocenters. The molecule has 0 radical (unpaired) electrons. The van der Waals surface area contributed by atoms with Gasteiger partial charge in [0.05, 0.1) is 6.54 Å². The van der Waals surface area contributed by atoms with Gasteiger partial charge in [0.15, 0.2) is 0 Å². The van der Waals surface area contributed by atoms with Crippen molar-refractivity contribution < 1.29 is 4.79 Å². The van der Waals surface area contributed by atoms with Crippen LogP contribution in [0.25, 0.3) is 0 Å². The summed E-state index contributed by atoms with van der Waals surface area (Å²) in [5, 5.41) is 3.30. The van der Waals surface area contributed by atoms with Crippen LogP contribution in [-0.4, -0.2) is 37.0 Å². The van der Waals surface area contributed by atoms with Crippen LogP contribution in [0, 0.1) is 11.3 Å². The van der Waals surface area contributed by atoms with Gasteiger partial charge in [-0.25, -0.2) is 0 Å². The maximum Gasteiger partial charge on any atom is 0.236 e. The van der Waals surface area contributed by atoms with E-state index in [0.29, 0.717) is 17.9 Å². The molecule has 3 nitrogen and oxygen atoms in total. The Bertz CT molecular complexity index is 275. The zero-order valence-corrected chi connectivity index (χ0v) is 11.3. The Kier molecular flexibility index (Phi) is 4.08. The van der Waals surface area contributed by atoms with E-state index in [0.717, 1.165) is 25.6 Å². The molecule has 2 fully saturated rings. The number of rotatable bonds is 5. The SMILES string of the molecule is CCC1(C)CCCN(C(=O)CNCC2CC2)C1. The predicted octanol–water partition coefficient (Wildman–Crippen LogP) is 2.02. The summed E-state index contributed by atoms with van der Waals surface area (Å²) in [4.78, 5) is 14.1. The van der Waals surface area contributed by atoms with Crippen LogP contribution in [-0.2, 0) is 4.79 Å². The van der Waals surface area contributed by atoms with Crippen LogP contribution in [0.1, 0.15) is 46.0 Å². The Hall–Kier alpha value is -0.570. The quantitative estimate of drug-likeness (QED) is 0.795. The number of piperidine rings is 1. The molecule has 0 aromatic rings. The van der Waals surface area contributed by atoms with Crippen molar-refractivity contribution in [2.45, 2.75) is 46.0 Å². The van der Waals surface area contributed by atoms with E-state index in [4.69, 9.17) is 0 Å². The van der Waals surface area contributed by atoms with Crippen LogP contribution in [0.15, 0.2) is 0 Å². The van der Waals surface area contributed by atoms with Crippen LogP contribution in [0.5, 0.6) is 0 Å². The van der Waals surface area contributed by atoms with Gasteiger partial charge in [-0.3, -0.25) is 4.79 Å². The lowest BCUT2D eigenvalue weighted by Crippen LogP contribution is -2.47. The Balaban J connectivity index is 1.73. The Morgan fingerprint density at radius 3 is 2.88 bits per heavy atom. The fourth-order valence-electron chi connectivity index (χ4n) is 2.63. The van der Waals surface area contributed by atoms with Crippen molar-refractivity contribution in [3.8, 4) is 0 Å². The first-order valence-corrected chi connectivity index (χ1v) is 7.11. The number of hydrogen-bond acceptors (Lipinski definition) is 2. The lowest BCUT2D eigenvalue weighted by molar-refractivity contribution is -0.133. The molecule has 0 spiro atoms. The van der Waals surface area contributed by atoms with Crippen LogP contribution < -0.4 is 5.32 Å². The smallest absolute Gasteiger partial charge is 0.236 e. The molecular weight excluding hydrogens is 212 g/mol. The van der Waals surface area contributed by atoms with Crippen LogP contribution in [0.3, 0.4) is 0 Å². The molecule has 1 aliphatic heterocycles. The summed E-state index contributed by atoms with van der Waals surface area (Å²) >= 11 is 0. The molecule has 2 rings (SSSR count). The highest BCUT2D eigenvalue weighted by molar-refractivity contribution is 5.78. The van der Waals surface area contributed by atoms with Crippen LogP contribution >= 0.6 is 0 Å². The molecule has 3 heteroatoms. The van der Waals surface area contributed by atoms with Gasteiger partial charge in [-0.2, -0.15) is 0 Å². The Labute approximate surface area is 105 Å². The molecular formula is C14H26N2O. The molecule has 98 valence electrons. The van der Waals surface area contributed by atoms with E-state index < -0.39 is 0 Å². The molecule has 2 aliphatic rings. The monoisotopic (exact) mass is 238 g/mol. The minimum Gasteiger partial charge on any atom is -0.341 e. The number of carbonyl (C=O) groups is 1. The number of nitrogens with zero attached hydrogens (tertiary/aromatic N) is 1. The van der Waals surface area contributed by atoms with E-state index in [9.17, 15) is 4.79 Å². The fourth-order valence-corrected chi connectivity index (χ4v) is 2.63. The molecule has 1 amide bonds. The molecule has 1 N–H and O–H groups in total. The summed E-state index contributed by atoms with van der Waals surface area (Å²) < 4.78 is 0. The maximum absolute atomic E-state index is 12.1. The minimum absolute atomic E-state index is 0.296. The van der Waals surface area contributed by atoms with Gasteiger partial charge in [-0.15, -0.1) is 0 Å². The van der Waals surface area contributed by atoms with Crippen molar-refractivity contribution in [1.29, 1.82) is 0 Å². The first kappa shape index (κ1) is 12.9. The van der Waals surface area contributed by atoms with E-state index in [1.165, 1.54) is 32.1 Å². The minimum atomic E-state index is 0.296. The largest absolute Gasteiger partial charge is 0.341 e. The summed E-state index contributed by atoms with van der Waals surface area (Å²) in [6.07, 6.45) is 6.30. The highest BCUT2D eigenvalue weighted by Gasteiger charge is 2.31. The third-order valence-electron chi connectivity index (χ3n) is 4.39. The second kappa shape index (κ2) is 5.38. The van der Waals surface area contributed by atoms with Gasteiger partial charge in [0, 0.05) is 13.1 Å². The van der Waals surface area contributed by atoms with E-state index in [2.05, 4.69) is 24.1 Å². The third-order valence-corrected chi connectivity index (χ3v) is 4.39. The second-order valence-corrected chi connectivity index (χ2v) is 6.16. The summed E-state index contributed by atoms with van der Waals surface area (Å²) in [5.74, 6) is 1.15. The molecule has 1 saturated heterocycles. The van der Waals surface area contributed by atoms with Crippen molar-refractivity contribution in [1.82, 2.24) is 10.2 Å². The average Bonchev–Trinajstić information content (AvgIpc) is 3.13. The molecule has 0 aromatic heterocycles. The van der Waals surface area contributed by atoms with Crippen molar-refractivity contribution in [2.75, 3.05) is 26.2 Å². The second-order valence-electron chi connectivity index (χ2n) is 6.16. The van der Waals surface area contributed by atoms with E-state index in [1.807, 2.05) is 0 Å². The van der Waals surface area contributed by atoms with E-state index in [1.54, 1.807) is 0 Å². The first-order valence-electron chi connectivity index (χ1n) is 7.11. The highest BCUT2D eigenvalue weighted by atomic mass is 16.2. The summed E-state index contributed by atoms with van der Waals surface area (Å²) in [5.41, 5.74) is 0.352. The zero-order chi connectivity index (χ0) is 12.3. The lowest BCUT2D eigenvalue weighted by Gasteiger charge is -2.40. The van der Waals surface area contributed by atoms with Crippen LogP contribution in [0.2, 0.25) is 0 Å². The molecule has 1 saturated carbocycles. The van der Waals surface area contributed by atoms with Crippen molar-refractivity contribution in [3.05, 3.63) is 0 Å². The summed E-state index contributed by atoms with van der Waals surface area (Å²) in [6.45, 7) is 8.03. The van der Waals surface area contributed by atoms with E-state index >= 15 is 0 Å². The third kappa shape index (κ3) is 3.70. The molecule has 1 unspecified atom stereocenters. The highest BCUT2D eigenvalue weighted by Crippen LogP contribution is 2.32. The van der Waals surface area contributed by atoms with Crippen molar-refractivity contribution in [2.24, 2.45) is 11.3 Å². The van der Waals surface area contributed by atoms with Gasteiger partial charge in [-0.1, -0.05) is 13.8 Å². The normalized spacial score (nSPS) is 29.4. The fraction of sp³-hybridized carbons (Fsp3) is 0.929. The van der Waals surface area contributed by atoms with Crippen LogP contribution in [0.4, 0.5) is 0 Å². The van der Waals surface area contributed by atoms with Gasteiger partial charge in [0.25, 0.3) is 0 Å². The van der Waals surface area contributed by atoms with Gasteiger partial charge in [0.2, 0.25) is 5.91 Å². The number of amides is 1. The molecule has 0 bridgehead atoms. The number of carbonyl (C=O) groups excluding carboxylic acids is 1. The van der Waals surface area contributed by atoms with Gasteiger partial charge >= 0.3 is 0 Å². The average molecular weight is 238 g/mol. The molecule has 0 aromatic carbocycles. The molecule has 17 heavy (non-hydrogen) atoms. The number of nitrogens with one attached hydrogen (secondary N) is 1. The standard InChI is InChI=1S/C14H26N2O/c1-3-14(2)7-4-8-16(11-14)13(17)10-15-9-12-5-6-12/h12,15H,3-11H2,1-2H3. The molecule has 1 aliphatic carbocycles. The van der Waals surface area contributed by atoms with Crippen molar-refractivity contribution >= 4 is 5.91 Å². The van der Waals surface area contributed by atoms with Crippen molar-refractivity contribution in [3.63, 3.8) is 0 Å². The topological polar surface area (TPSA) is 32.3 Å². The lowest BCUT2D eigenvalue weighted by atomic mass is 9.79. The van der Waals surface area contributed by atoms with Gasteiger partial charge in [0.1, 0.15) is 0 Å². The Morgan fingerprint density at radius 1 is 1.47 bits per heavy atom. The predicted molar refractivity (Wildman–Crippen MR) is 69.8 cm³/mol. The Morgan fingerprint density at radius 2 is 2.24 bits per heavy atom. The van der Waals surface area contributed by atoms with E-state index in [-0.39, 0.29) is 0 Å². The van der Waals surface area contributed by atoms with Gasteiger partial charge < -0.3 is 10.2 Å². The number of likely N-dealkylation sites (tertiary alicyclic amines) is 1.